The minimum Gasteiger partial charge on any atom is -0.497 e. The van der Waals surface area contributed by atoms with Crippen molar-refractivity contribution < 1.29 is 14.3 Å². The number of benzene rings is 1. The molecule has 30 heavy (non-hydrogen) atoms. The maximum Gasteiger partial charge on any atom is 0.305 e. The van der Waals surface area contributed by atoms with E-state index >= 15 is 0 Å². The smallest absolute Gasteiger partial charge is 0.305 e. The largest absolute Gasteiger partial charge is 0.497 e. The number of hydrogen-bond acceptors (Lipinski definition) is 3. The number of carbonyl (C=O) groups excluding carboxylic acids is 1. The first-order chi connectivity index (χ1) is 14.8. The van der Waals surface area contributed by atoms with E-state index in [2.05, 4.69) is 6.92 Å². The lowest BCUT2D eigenvalue weighted by molar-refractivity contribution is -0.143. The predicted octanol–water partition coefficient (Wildman–Crippen LogP) is 8.04. The molecule has 0 aliphatic heterocycles. The highest BCUT2D eigenvalue weighted by Gasteiger charge is 2.03. The van der Waals surface area contributed by atoms with Crippen LogP contribution in [-0.2, 0) is 16.0 Å². The van der Waals surface area contributed by atoms with Gasteiger partial charge in [0, 0.05) is 12.8 Å². The molecule has 0 unspecified atom stereocenters. The molecule has 0 saturated heterocycles. The molecule has 3 heteroatoms. The van der Waals surface area contributed by atoms with Gasteiger partial charge in [0.2, 0.25) is 0 Å². The van der Waals surface area contributed by atoms with E-state index in [1.54, 1.807) is 7.11 Å². The second-order valence-electron chi connectivity index (χ2n) is 8.52. The van der Waals surface area contributed by atoms with Crippen molar-refractivity contribution in [1.29, 1.82) is 0 Å². The average Bonchev–Trinajstić information content (AvgIpc) is 2.77. The molecule has 1 rings (SSSR count). The first-order valence-corrected chi connectivity index (χ1v) is 12.5. The zero-order valence-electron chi connectivity index (χ0n) is 19.8. The van der Waals surface area contributed by atoms with E-state index < -0.39 is 0 Å². The summed E-state index contributed by atoms with van der Waals surface area (Å²) in [6, 6.07) is 7.90. The predicted molar refractivity (Wildman–Crippen MR) is 127 cm³/mol. The van der Waals surface area contributed by atoms with Gasteiger partial charge in [-0.2, -0.15) is 0 Å². The van der Waals surface area contributed by atoms with E-state index in [0.717, 1.165) is 30.6 Å². The highest BCUT2D eigenvalue weighted by Crippen LogP contribution is 2.14. The van der Waals surface area contributed by atoms with Crippen molar-refractivity contribution in [3.8, 4) is 5.75 Å². The molecular formula is C27H46O3. The van der Waals surface area contributed by atoms with Crippen molar-refractivity contribution >= 4 is 5.97 Å². The number of unbranched alkanes of at least 4 members (excludes halogenated alkanes) is 14. The van der Waals surface area contributed by atoms with Gasteiger partial charge in [0.05, 0.1) is 13.7 Å². The lowest BCUT2D eigenvalue weighted by atomic mass is 10.0. The van der Waals surface area contributed by atoms with E-state index in [4.69, 9.17) is 9.47 Å². The maximum absolute atomic E-state index is 11.8. The third-order valence-corrected chi connectivity index (χ3v) is 5.80. The zero-order valence-corrected chi connectivity index (χ0v) is 19.8. The highest BCUT2D eigenvalue weighted by molar-refractivity contribution is 5.69. The van der Waals surface area contributed by atoms with Gasteiger partial charge in [0.25, 0.3) is 0 Å². The van der Waals surface area contributed by atoms with Crippen LogP contribution in [0.3, 0.4) is 0 Å². The molecule has 0 N–H and O–H groups in total. The van der Waals surface area contributed by atoms with Crippen LogP contribution in [0.1, 0.15) is 115 Å². The average molecular weight is 419 g/mol. The van der Waals surface area contributed by atoms with Crippen LogP contribution in [0.15, 0.2) is 24.3 Å². The van der Waals surface area contributed by atoms with Crippen molar-refractivity contribution in [3.05, 3.63) is 29.8 Å². The Bertz CT molecular complexity index is 509. The van der Waals surface area contributed by atoms with Gasteiger partial charge >= 0.3 is 5.97 Å². The fourth-order valence-electron chi connectivity index (χ4n) is 3.79. The lowest BCUT2D eigenvalue weighted by Crippen LogP contribution is -2.07. The van der Waals surface area contributed by atoms with Crippen molar-refractivity contribution in [3.63, 3.8) is 0 Å². The van der Waals surface area contributed by atoms with Gasteiger partial charge in [-0.05, 0) is 24.1 Å². The molecule has 0 radical (unpaired) electrons. The summed E-state index contributed by atoms with van der Waals surface area (Å²) >= 11 is 0. The summed E-state index contributed by atoms with van der Waals surface area (Å²) in [6.07, 6.45) is 21.4. The summed E-state index contributed by atoms with van der Waals surface area (Å²) in [5, 5.41) is 0. The molecule has 0 aromatic heterocycles. The van der Waals surface area contributed by atoms with Crippen LogP contribution < -0.4 is 4.74 Å². The molecule has 0 spiro atoms. The van der Waals surface area contributed by atoms with Crippen molar-refractivity contribution in [2.75, 3.05) is 13.7 Å². The second-order valence-corrected chi connectivity index (χ2v) is 8.52. The Balaban J connectivity index is 1.81. The molecule has 3 nitrogen and oxygen atoms in total. The van der Waals surface area contributed by atoms with Crippen molar-refractivity contribution in [1.82, 2.24) is 0 Å². The van der Waals surface area contributed by atoms with Gasteiger partial charge < -0.3 is 9.47 Å². The van der Waals surface area contributed by atoms with Crippen LogP contribution in [0, 0.1) is 0 Å². The molecule has 0 aliphatic carbocycles. The third kappa shape index (κ3) is 15.3. The number of esters is 1. The van der Waals surface area contributed by atoms with Gasteiger partial charge in [-0.25, -0.2) is 0 Å². The molecular weight excluding hydrogens is 372 g/mol. The van der Waals surface area contributed by atoms with Gasteiger partial charge in [-0.3, -0.25) is 4.79 Å². The summed E-state index contributed by atoms with van der Waals surface area (Å²) < 4.78 is 10.5. The monoisotopic (exact) mass is 418 g/mol. The summed E-state index contributed by atoms with van der Waals surface area (Å²) in [7, 11) is 1.66. The van der Waals surface area contributed by atoms with Crippen LogP contribution in [0.2, 0.25) is 0 Å². The molecule has 0 aliphatic rings. The summed E-state index contributed by atoms with van der Waals surface area (Å²) in [6.45, 7) is 2.74. The molecule has 0 atom stereocenters. The van der Waals surface area contributed by atoms with Crippen LogP contribution in [0.4, 0.5) is 0 Å². The molecule has 1 aromatic carbocycles. The first-order valence-electron chi connectivity index (χ1n) is 12.5. The standard InChI is InChI=1S/C27H46O3/c1-3-4-5-6-7-8-9-10-11-12-13-14-15-16-17-18-27(28)30-24-23-25-19-21-26(29-2)22-20-25/h19-22H,3-18,23-24H2,1-2H3. The number of carbonyl (C=O) groups is 1. The molecule has 0 saturated carbocycles. The third-order valence-electron chi connectivity index (χ3n) is 5.80. The Labute approximate surface area is 185 Å². The molecule has 1 aromatic rings. The summed E-state index contributed by atoms with van der Waals surface area (Å²) in [4.78, 5) is 11.8. The second kappa shape index (κ2) is 19.5. The van der Waals surface area contributed by atoms with E-state index in [-0.39, 0.29) is 5.97 Å². The molecule has 0 amide bonds. The SMILES string of the molecule is CCCCCCCCCCCCCCCCCC(=O)OCCc1ccc(OC)cc1. The number of methoxy groups -OCH3 is 1. The van der Waals surface area contributed by atoms with E-state index in [1.165, 1.54) is 83.5 Å². The van der Waals surface area contributed by atoms with Crippen LogP contribution in [-0.4, -0.2) is 19.7 Å². The van der Waals surface area contributed by atoms with Gasteiger partial charge in [-0.1, -0.05) is 109 Å². The number of rotatable bonds is 20. The van der Waals surface area contributed by atoms with E-state index in [9.17, 15) is 4.79 Å². The van der Waals surface area contributed by atoms with Crippen LogP contribution >= 0.6 is 0 Å². The summed E-state index contributed by atoms with van der Waals surface area (Å²) in [5.41, 5.74) is 1.16. The normalized spacial score (nSPS) is 10.9. The number of ether oxygens (including phenoxy) is 2. The quantitative estimate of drug-likeness (QED) is 0.159. The van der Waals surface area contributed by atoms with E-state index in [0.29, 0.717) is 13.0 Å². The lowest BCUT2D eigenvalue weighted by Gasteiger charge is -2.06. The van der Waals surface area contributed by atoms with E-state index in [1.807, 2.05) is 24.3 Å². The topological polar surface area (TPSA) is 35.5 Å². The Hall–Kier alpha value is -1.51. The zero-order chi connectivity index (χ0) is 21.7. The fourth-order valence-corrected chi connectivity index (χ4v) is 3.79. The van der Waals surface area contributed by atoms with Gasteiger partial charge in [0.15, 0.2) is 0 Å². The maximum atomic E-state index is 11.8. The van der Waals surface area contributed by atoms with Crippen molar-refractivity contribution in [2.24, 2.45) is 0 Å². The molecule has 172 valence electrons. The van der Waals surface area contributed by atoms with Crippen molar-refractivity contribution in [2.45, 2.75) is 116 Å². The molecule has 0 bridgehead atoms. The molecule has 0 fully saturated rings. The molecule has 0 heterocycles. The first kappa shape index (κ1) is 26.5. The Morgan fingerprint density at radius 2 is 1.17 bits per heavy atom. The fraction of sp³-hybridized carbons (Fsp3) is 0.741. The minimum absolute atomic E-state index is 0.0572. The van der Waals surface area contributed by atoms with Crippen LogP contribution in [0.5, 0.6) is 5.75 Å². The van der Waals surface area contributed by atoms with Gasteiger partial charge in [0.1, 0.15) is 5.75 Å². The summed E-state index contributed by atoms with van der Waals surface area (Å²) in [5.74, 6) is 0.794. The van der Waals surface area contributed by atoms with Gasteiger partial charge in [-0.15, -0.1) is 0 Å². The Morgan fingerprint density at radius 3 is 1.63 bits per heavy atom. The highest BCUT2D eigenvalue weighted by atomic mass is 16.5. The minimum atomic E-state index is -0.0572. The Kier molecular flexibility index (Phi) is 17.2. The number of hydrogen-bond donors (Lipinski definition) is 0. The van der Waals surface area contributed by atoms with Crippen LogP contribution in [0.25, 0.3) is 0 Å². The Morgan fingerprint density at radius 1 is 0.700 bits per heavy atom.